The van der Waals surface area contributed by atoms with Crippen molar-refractivity contribution in [2.24, 2.45) is 5.92 Å². The van der Waals surface area contributed by atoms with Crippen LogP contribution in [0.25, 0.3) is 0 Å². The third-order valence-corrected chi connectivity index (χ3v) is 4.82. The fourth-order valence-corrected chi connectivity index (χ4v) is 3.19. The molecule has 0 bridgehead atoms. The largest absolute Gasteiger partial charge is 0.465 e. The highest BCUT2D eigenvalue weighted by Gasteiger charge is 2.34. The van der Waals surface area contributed by atoms with Crippen molar-refractivity contribution in [2.75, 3.05) is 19.7 Å². The molecular formula is C20H37NO3. The number of amides is 1. The van der Waals surface area contributed by atoms with E-state index < -0.39 is 0 Å². The van der Waals surface area contributed by atoms with Crippen molar-refractivity contribution in [3.8, 4) is 0 Å². The molecule has 4 nitrogen and oxygen atoms in total. The van der Waals surface area contributed by atoms with Gasteiger partial charge in [0.15, 0.2) is 0 Å². The fraction of sp³-hybridized carbons (Fsp3) is 0.900. The summed E-state index contributed by atoms with van der Waals surface area (Å²) in [5, 5.41) is 0. The molecule has 0 N–H and O–H groups in total. The lowest BCUT2D eigenvalue weighted by molar-refractivity contribution is -0.148. The van der Waals surface area contributed by atoms with E-state index in [0.717, 1.165) is 25.8 Å². The Hall–Kier alpha value is -1.06. The van der Waals surface area contributed by atoms with Crippen LogP contribution in [0.4, 0.5) is 0 Å². The van der Waals surface area contributed by atoms with Crippen LogP contribution < -0.4 is 0 Å². The highest BCUT2D eigenvalue weighted by molar-refractivity contribution is 5.86. The molecule has 0 aromatic heterocycles. The van der Waals surface area contributed by atoms with Crippen LogP contribution in [0, 0.1) is 5.92 Å². The zero-order valence-corrected chi connectivity index (χ0v) is 15.9. The molecule has 4 heteroatoms. The number of carbonyl (C=O) groups is 2. The number of hydrogen-bond donors (Lipinski definition) is 0. The smallest absolute Gasteiger partial charge is 0.311 e. The van der Waals surface area contributed by atoms with Gasteiger partial charge in [-0.2, -0.15) is 0 Å². The molecule has 0 aromatic carbocycles. The van der Waals surface area contributed by atoms with Gasteiger partial charge in [-0.15, -0.1) is 0 Å². The first-order valence-electron chi connectivity index (χ1n) is 10.1. The maximum absolute atomic E-state index is 12.0. The van der Waals surface area contributed by atoms with Gasteiger partial charge >= 0.3 is 5.97 Å². The molecule has 1 unspecified atom stereocenters. The van der Waals surface area contributed by atoms with Gasteiger partial charge in [0, 0.05) is 19.5 Å². The maximum atomic E-state index is 12.0. The Balaban J connectivity index is 2.05. The predicted octanol–water partition coefficient (Wildman–Crippen LogP) is 4.71. The summed E-state index contributed by atoms with van der Waals surface area (Å²) < 4.78 is 5.24. The molecular weight excluding hydrogens is 302 g/mol. The fourth-order valence-electron chi connectivity index (χ4n) is 3.19. The molecule has 24 heavy (non-hydrogen) atoms. The van der Waals surface area contributed by atoms with Gasteiger partial charge in [-0.1, -0.05) is 71.6 Å². The van der Waals surface area contributed by atoms with Crippen LogP contribution in [0.1, 0.15) is 90.9 Å². The van der Waals surface area contributed by atoms with E-state index >= 15 is 0 Å². The van der Waals surface area contributed by atoms with Gasteiger partial charge in [0.2, 0.25) is 5.91 Å². The summed E-state index contributed by atoms with van der Waals surface area (Å²) in [6.07, 6.45) is 13.8. The minimum Gasteiger partial charge on any atom is -0.465 e. The van der Waals surface area contributed by atoms with Crippen molar-refractivity contribution in [3.05, 3.63) is 0 Å². The number of nitrogens with zero attached hydrogens (tertiary/aromatic N) is 1. The molecule has 0 saturated carbocycles. The second-order valence-corrected chi connectivity index (χ2v) is 7.09. The topological polar surface area (TPSA) is 46.6 Å². The Kier molecular flexibility index (Phi) is 11.6. The Morgan fingerprint density at radius 1 is 0.958 bits per heavy atom. The Morgan fingerprint density at radius 2 is 1.54 bits per heavy atom. The SMILES string of the molecule is CCCCCCCCCCCN1CC(C(=O)OCCCC)CC1=O. The number of hydrogen-bond acceptors (Lipinski definition) is 3. The van der Waals surface area contributed by atoms with E-state index in [1.54, 1.807) is 0 Å². The van der Waals surface area contributed by atoms with Crippen molar-refractivity contribution in [2.45, 2.75) is 90.9 Å². The van der Waals surface area contributed by atoms with Crippen LogP contribution in [0.15, 0.2) is 0 Å². The van der Waals surface area contributed by atoms with Crippen LogP contribution in [0.2, 0.25) is 0 Å². The van der Waals surface area contributed by atoms with Crippen LogP contribution in [0.5, 0.6) is 0 Å². The zero-order chi connectivity index (χ0) is 17.6. The number of unbranched alkanes of at least 4 members (excludes halogenated alkanes) is 9. The van der Waals surface area contributed by atoms with E-state index in [-0.39, 0.29) is 17.8 Å². The van der Waals surface area contributed by atoms with Gasteiger partial charge in [-0.25, -0.2) is 0 Å². The summed E-state index contributed by atoms with van der Waals surface area (Å²) in [5.74, 6) is -0.314. The van der Waals surface area contributed by atoms with Crippen molar-refractivity contribution in [1.29, 1.82) is 0 Å². The van der Waals surface area contributed by atoms with E-state index in [1.807, 2.05) is 4.90 Å². The van der Waals surface area contributed by atoms with Crippen LogP contribution in [-0.2, 0) is 14.3 Å². The molecule has 1 heterocycles. The lowest BCUT2D eigenvalue weighted by Gasteiger charge is -2.16. The third-order valence-electron chi connectivity index (χ3n) is 4.82. The molecule has 1 aliphatic rings. The van der Waals surface area contributed by atoms with E-state index in [1.165, 1.54) is 51.4 Å². The molecule has 1 aliphatic heterocycles. The highest BCUT2D eigenvalue weighted by atomic mass is 16.5. The average molecular weight is 340 g/mol. The number of carbonyl (C=O) groups excluding carboxylic acids is 2. The van der Waals surface area contributed by atoms with E-state index in [9.17, 15) is 9.59 Å². The molecule has 140 valence electrons. The highest BCUT2D eigenvalue weighted by Crippen LogP contribution is 2.20. The standard InChI is InChI=1S/C20H37NO3/c1-3-5-7-8-9-10-11-12-13-14-21-17-18(16-19(21)22)20(23)24-15-6-4-2/h18H,3-17H2,1-2H3. The minimum absolute atomic E-state index is 0.118. The van der Waals surface area contributed by atoms with Crippen molar-refractivity contribution in [1.82, 2.24) is 4.90 Å². The molecule has 1 atom stereocenters. The lowest BCUT2D eigenvalue weighted by atomic mass is 10.1. The first kappa shape index (κ1) is 21.0. The Morgan fingerprint density at radius 3 is 2.17 bits per heavy atom. The predicted molar refractivity (Wildman–Crippen MR) is 97.8 cm³/mol. The molecule has 0 radical (unpaired) electrons. The van der Waals surface area contributed by atoms with E-state index in [4.69, 9.17) is 4.74 Å². The van der Waals surface area contributed by atoms with Crippen LogP contribution in [-0.4, -0.2) is 36.5 Å². The number of esters is 1. The summed E-state index contributed by atoms with van der Waals surface area (Å²) in [5.41, 5.74) is 0. The summed E-state index contributed by atoms with van der Waals surface area (Å²) in [7, 11) is 0. The van der Waals surface area contributed by atoms with Gasteiger partial charge in [0.1, 0.15) is 0 Å². The summed E-state index contributed by atoms with van der Waals surface area (Å²) in [6.45, 7) is 6.15. The minimum atomic E-state index is -0.243. The van der Waals surface area contributed by atoms with Gasteiger partial charge < -0.3 is 9.64 Å². The van der Waals surface area contributed by atoms with Gasteiger partial charge in [-0.3, -0.25) is 9.59 Å². The molecule has 0 aromatic rings. The normalized spacial score (nSPS) is 17.5. The van der Waals surface area contributed by atoms with Gasteiger partial charge in [0.05, 0.1) is 12.5 Å². The first-order valence-corrected chi connectivity index (χ1v) is 10.1. The van der Waals surface area contributed by atoms with Crippen LogP contribution in [0.3, 0.4) is 0 Å². The Bertz CT molecular complexity index is 357. The molecule has 0 aliphatic carbocycles. The maximum Gasteiger partial charge on any atom is 0.311 e. The summed E-state index contributed by atoms with van der Waals surface area (Å²) in [4.78, 5) is 25.8. The number of rotatable bonds is 14. The Labute approximate surface area is 148 Å². The molecule has 1 amide bonds. The van der Waals surface area contributed by atoms with Crippen LogP contribution >= 0.6 is 0 Å². The monoisotopic (exact) mass is 339 g/mol. The summed E-state index contributed by atoms with van der Waals surface area (Å²) in [6, 6.07) is 0. The van der Waals surface area contributed by atoms with Gasteiger partial charge in [-0.05, 0) is 12.8 Å². The second-order valence-electron chi connectivity index (χ2n) is 7.09. The quantitative estimate of drug-likeness (QED) is 0.340. The first-order chi connectivity index (χ1) is 11.7. The average Bonchev–Trinajstić information content (AvgIpc) is 2.94. The zero-order valence-electron chi connectivity index (χ0n) is 15.9. The second kappa shape index (κ2) is 13.3. The van der Waals surface area contributed by atoms with Crippen molar-refractivity contribution < 1.29 is 14.3 Å². The molecule has 1 fully saturated rings. The number of ether oxygens (including phenoxy) is 1. The lowest BCUT2D eigenvalue weighted by Crippen LogP contribution is -2.27. The molecule has 0 spiro atoms. The van der Waals surface area contributed by atoms with Crippen molar-refractivity contribution in [3.63, 3.8) is 0 Å². The third kappa shape index (κ3) is 8.70. The number of likely N-dealkylation sites (tertiary alicyclic amines) is 1. The molecule has 1 rings (SSSR count). The van der Waals surface area contributed by atoms with E-state index in [2.05, 4.69) is 13.8 Å². The van der Waals surface area contributed by atoms with Gasteiger partial charge in [0.25, 0.3) is 0 Å². The van der Waals surface area contributed by atoms with E-state index in [0.29, 0.717) is 19.6 Å². The molecule has 1 saturated heterocycles. The summed E-state index contributed by atoms with van der Waals surface area (Å²) >= 11 is 0. The van der Waals surface area contributed by atoms with Crippen molar-refractivity contribution >= 4 is 11.9 Å².